The molecule has 0 bridgehead atoms. The minimum Gasteiger partial charge on any atom is -0.454 e. The van der Waals surface area contributed by atoms with Crippen molar-refractivity contribution in [2.24, 2.45) is 11.3 Å². The molecule has 4 heteroatoms. The number of nitrogens with one attached hydrogen (secondary N) is 1. The maximum Gasteiger partial charge on any atom is 0.231 e. The number of rotatable bonds is 6. The minimum absolute atomic E-state index is 0.163. The van der Waals surface area contributed by atoms with Gasteiger partial charge in [0.1, 0.15) is 0 Å². The largest absolute Gasteiger partial charge is 0.454 e. The van der Waals surface area contributed by atoms with E-state index in [-0.39, 0.29) is 17.4 Å². The van der Waals surface area contributed by atoms with Crippen LogP contribution in [0.1, 0.15) is 33.3 Å². The highest BCUT2D eigenvalue weighted by atomic mass is 16.7. The van der Waals surface area contributed by atoms with Gasteiger partial charge in [-0.2, -0.15) is 0 Å². The van der Waals surface area contributed by atoms with Crippen LogP contribution >= 0.6 is 0 Å². The van der Waals surface area contributed by atoms with Gasteiger partial charge in [-0.25, -0.2) is 0 Å². The molecule has 0 fully saturated rings. The van der Waals surface area contributed by atoms with E-state index in [2.05, 4.69) is 19.2 Å². The van der Waals surface area contributed by atoms with E-state index in [0.29, 0.717) is 13.3 Å². The highest BCUT2D eigenvalue weighted by molar-refractivity contribution is 5.48. The van der Waals surface area contributed by atoms with Crippen LogP contribution < -0.4 is 14.8 Å². The van der Waals surface area contributed by atoms with Crippen molar-refractivity contribution < 1.29 is 14.6 Å². The molecular weight excluding hydrogens is 254 g/mol. The fraction of sp³-hybridized carbons (Fsp3) is 0.625. The molecule has 2 rings (SSSR count). The lowest BCUT2D eigenvalue weighted by Crippen LogP contribution is -2.41. The first-order valence-electron chi connectivity index (χ1n) is 7.18. The average molecular weight is 279 g/mol. The summed E-state index contributed by atoms with van der Waals surface area (Å²) in [5.41, 5.74) is 0.929. The van der Waals surface area contributed by atoms with Crippen LogP contribution in [0.5, 0.6) is 11.5 Å². The number of ether oxygens (including phenoxy) is 2. The Kier molecular flexibility index (Phi) is 4.55. The molecule has 1 unspecified atom stereocenters. The monoisotopic (exact) mass is 279 g/mol. The second-order valence-electron chi connectivity index (χ2n) is 6.43. The van der Waals surface area contributed by atoms with Crippen molar-refractivity contribution in [1.29, 1.82) is 0 Å². The Morgan fingerprint density at radius 3 is 2.75 bits per heavy atom. The van der Waals surface area contributed by atoms with E-state index in [0.717, 1.165) is 23.6 Å². The van der Waals surface area contributed by atoms with Crippen LogP contribution in [0.2, 0.25) is 0 Å². The minimum atomic E-state index is -0.323. The highest BCUT2D eigenvalue weighted by Crippen LogP contribution is 2.35. The maximum absolute atomic E-state index is 10.2. The van der Waals surface area contributed by atoms with Gasteiger partial charge in [-0.1, -0.05) is 39.8 Å². The molecule has 0 saturated carbocycles. The first-order valence-corrected chi connectivity index (χ1v) is 7.18. The summed E-state index contributed by atoms with van der Waals surface area (Å²) < 4.78 is 10.9. The molecule has 1 heterocycles. The van der Waals surface area contributed by atoms with Crippen LogP contribution in [0.3, 0.4) is 0 Å². The van der Waals surface area contributed by atoms with Gasteiger partial charge in [0.05, 0.1) is 6.10 Å². The summed E-state index contributed by atoms with van der Waals surface area (Å²) in [5, 5.41) is 13.6. The number of hydrogen-bond acceptors (Lipinski definition) is 4. The van der Waals surface area contributed by atoms with E-state index in [1.807, 2.05) is 32.0 Å². The van der Waals surface area contributed by atoms with E-state index in [1.54, 1.807) is 0 Å². The summed E-state index contributed by atoms with van der Waals surface area (Å²) >= 11 is 0. The van der Waals surface area contributed by atoms with E-state index in [1.165, 1.54) is 0 Å². The van der Waals surface area contributed by atoms with Crippen molar-refractivity contribution in [2.45, 2.75) is 40.3 Å². The van der Waals surface area contributed by atoms with Gasteiger partial charge in [-0.15, -0.1) is 0 Å². The third-order valence-electron chi connectivity index (χ3n) is 3.81. The predicted molar refractivity (Wildman–Crippen MR) is 78.9 cm³/mol. The average Bonchev–Trinajstić information content (AvgIpc) is 2.86. The predicted octanol–water partition coefficient (Wildman–Crippen LogP) is 2.55. The molecule has 0 aliphatic carbocycles. The smallest absolute Gasteiger partial charge is 0.231 e. The molecule has 20 heavy (non-hydrogen) atoms. The number of benzene rings is 1. The fourth-order valence-corrected chi connectivity index (χ4v) is 2.66. The van der Waals surface area contributed by atoms with Crippen molar-refractivity contribution in [3.63, 3.8) is 0 Å². The summed E-state index contributed by atoms with van der Waals surface area (Å²) in [7, 11) is 0. The van der Waals surface area contributed by atoms with Gasteiger partial charge in [0.15, 0.2) is 11.5 Å². The second-order valence-corrected chi connectivity index (χ2v) is 6.43. The Morgan fingerprint density at radius 2 is 2.05 bits per heavy atom. The van der Waals surface area contributed by atoms with Crippen molar-refractivity contribution in [2.75, 3.05) is 13.3 Å². The zero-order valence-corrected chi connectivity index (χ0v) is 12.8. The highest BCUT2D eigenvalue weighted by Gasteiger charge is 2.29. The molecule has 0 amide bonds. The van der Waals surface area contributed by atoms with Gasteiger partial charge in [0.25, 0.3) is 0 Å². The summed E-state index contributed by atoms with van der Waals surface area (Å²) in [4.78, 5) is 0. The van der Waals surface area contributed by atoms with Gasteiger partial charge < -0.3 is 19.9 Å². The molecule has 0 aromatic heterocycles. The first kappa shape index (κ1) is 15.1. The molecule has 0 saturated heterocycles. The van der Waals surface area contributed by atoms with Gasteiger partial charge in [-0.3, -0.25) is 0 Å². The third kappa shape index (κ3) is 3.25. The van der Waals surface area contributed by atoms with Crippen LogP contribution in [0.4, 0.5) is 0 Å². The van der Waals surface area contributed by atoms with E-state index >= 15 is 0 Å². The number of para-hydroxylation sites is 1. The lowest BCUT2D eigenvalue weighted by atomic mass is 9.80. The molecule has 0 radical (unpaired) electrons. The molecule has 0 spiro atoms. The molecule has 4 nitrogen and oxygen atoms in total. The molecule has 1 aliphatic heterocycles. The number of hydrogen-bond donors (Lipinski definition) is 2. The second kappa shape index (κ2) is 6.02. The molecule has 1 aliphatic rings. The fourth-order valence-electron chi connectivity index (χ4n) is 2.66. The van der Waals surface area contributed by atoms with Crippen LogP contribution in [0.15, 0.2) is 18.2 Å². The Labute approximate surface area is 121 Å². The lowest BCUT2D eigenvalue weighted by Gasteiger charge is -2.33. The Bertz CT molecular complexity index is 457. The van der Waals surface area contributed by atoms with Crippen molar-refractivity contribution in [3.8, 4) is 11.5 Å². The number of fused-ring (bicyclic) bond motifs is 1. The molecule has 1 aromatic rings. The summed E-state index contributed by atoms with van der Waals surface area (Å²) in [6.45, 7) is 10.0. The van der Waals surface area contributed by atoms with Crippen molar-refractivity contribution in [3.05, 3.63) is 23.8 Å². The standard InChI is InChI=1S/C16H25NO3/c1-11(2)15(18)16(3,4)9-17-8-12-6-5-7-13-14(12)20-10-19-13/h5-7,11,15,17-18H,8-10H2,1-4H3. The Balaban J connectivity index is 1.92. The third-order valence-corrected chi connectivity index (χ3v) is 3.81. The van der Waals surface area contributed by atoms with Crippen molar-refractivity contribution >= 4 is 0 Å². The van der Waals surface area contributed by atoms with E-state index < -0.39 is 0 Å². The van der Waals surface area contributed by atoms with E-state index in [4.69, 9.17) is 9.47 Å². The summed E-state index contributed by atoms with van der Waals surface area (Å²) in [6, 6.07) is 5.92. The van der Waals surface area contributed by atoms with Crippen LogP contribution in [-0.4, -0.2) is 24.5 Å². The zero-order valence-electron chi connectivity index (χ0n) is 12.8. The Morgan fingerprint density at radius 1 is 1.30 bits per heavy atom. The quantitative estimate of drug-likeness (QED) is 0.840. The molecular formula is C16H25NO3. The maximum atomic E-state index is 10.2. The van der Waals surface area contributed by atoms with Crippen LogP contribution in [-0.2, 0) is 6.54 Å². The first-order chi connectivity index (χ1) is 9.42. The van der Waals surface area contributed by atoms with Crippen LogP contribution in [0.25, 0.3) is 0 Å². The summed E-state index contributed by atoms with van der Waals surface area (Å²) in [5.74, 6) is 1.90. The molecule has 2 N–H and O–H groups in total. The van der Waals surface area contributed by atoms with Gasteiger partial charge in [0.2, 0.25) is 6.79 Å². The zero-order chi connectivity index (χ0) is 14.8. The Hall–Kier alpha value is -1.26. The van der Waals surface area contributed by atoms with E-state index in [9.17, 15) is 5.11 Å². The van der Waals surface area contributed by atoms with Crippen molar-refractivity contribution in [1.82, 2.24) is 5.32 Å². The molecule has 1 atom stereocenters. The lowest BCUT2D eigenvalue weighted by molar-refractivity contribution is 0.0134. The van der Waals surface area contributed by atoms with Gasteiger partial charge in [-0.05, 0) is 12.0 Å². The molecule has 112 valence electrons. The molecule has 1 aromatic carbocycles. The summed E-state index contributed by atoms with van der Waals surface area (Å²) in [6.07, 6.45) is -0.323. The van der Waals surface area contributed by atoms with Gasteiger partial charge in [0, 0.05) is 24.1 Å². The van der Waals surface area contributed by atoms with Gasteiger partial charge >= 0.3 is 0 Å². The SMILES string of the molecule is CC(C)C(O)C(C)(C)CNCc1cccc2c1OCO2. The number of aliphatic hydroxyl groups is 1. The number of aliphatic hydroxyl groups excluding tert-OH is 1. The topological polar surface area (TPSA) is 50.7 Å². The normalized spacial score (nSPS) is 15.7. The van der Waals surface area contributed by atoms with Crippen LogP contribution in [0, 0.1) is 11.3 Å².